The zero-order valence-corrected chi connectivity index (χ0v) is 12.9. The lowest BCUT2D eigenvalue weighted by Gasteiger charge is -2.17. The van der Waals surface area contributed by atoms with Crippen LogP contribution in [0.1, 0.15) is 45.1 Å². The first-order chi connectivity index (χ1) is 10.0. The van der Waals surface area contributed by atoms with Crippen LogP contribution in [0.2, 0.25) is 0 Å². The Balaban J connectivity index is 1.54. The highest BCUT2D eigenvalue weighted by molar-refractivity contribution is 5.84. The fourth-order valence-corrected chi connectivity index (χ4v) is 3.45. The predicted molar refractivity (Wildman–Crippen MR) is 86.2 cm³/mol. The number of para-hydroxylation sites is 1. The van der Waals surface area contributed by atoms with Crippen molar-refractivity contribution in [2.45, 2.75) is 52.0 Å². The van der Waals surface area contributed by atoms with Crippen LogP contribution in [0.4, 0.5) is 0 Å². The van der Waals surface area contributed by atoms with Crippen molar-refractivity contribution in [3.8, 4) is 0 Å². The summed E-state index contributed by atoms with van der Waals surface area (Å²) in [5, 5.41) is 4.42. The Bertz CT molecular complexity index is 641. The van der Waals surface area contributed by atoms with E-state index >= 15 is 0 Å². The highest BCUT2D eigenvalue weighted by Crippen LogP contribution is 2.36. The van der Waals surface area contributed by atoms with E-state index in [9.17, 15) is 4.79 Å². The molecule has 1 amide bonds. The van der Waals surface area contributed by atoms with E-state index in [0.717, 1.165) is 24.8 Å². The number of carbonyl (C=O) groups is 1. The first-order valence-electron chi connectivity index (χ1n) is 7.88. The fraction of sp³-hybridized carbons (Fsp3) is 0.500. The number of hydrogen-bond acceptors (Lipinski definition) is 1. The smallest absolute Gasteiger partial charge is 0.220 e. The number of hydrogen-bond donors (Lipinski definition) is 2. The first-order valence-corrected chi connectivity index (χ1v) is 7.88. The molecule has 0 saturated heterocycles. The lowest BCUT2D eigenvalue weighted by atomic mass is 9.92. The predicted octanol–water partition coefficient (Wildman–Crippen LogP) is 3.80. The maximum Gasteiger partial charge on any atom is 0.220 e. The van der Waals surface area contributed by atoms with Crippen LogP contribution >= 0.6 is 0 Å². The van der Waals surface area contributed by atoms with E-state index in [0.29, 0.717) is 17.9 Å². The number of benzene rings is 1. The van der Waals surface area contributed by atoms with Crippen LogP contribution in [0.25, 0.3) is 10.9 Å². The van der Waals surface area contributed by atoms with E-state index < -0.39 is 0 Å². The van der Waals surface area contributed by atoms with Gasteiger partial charge in [0.2, 0.25) is 5.91 Å². The van der Waals surface area contributed by atoms with Crippen molar-refractivity contribution < 1.29 is 4.79 Å². The van der Waals surface area contributed by atoms with Gasteiger partial charge in [-0.2, -0.15) is 0 Å². The van der Waals surface area contributed by atoms with Gasteiger partial charge in [0.1, 0.15) is 0 Å². The third kappa shape index (κ3) is 3.29. The van der Waals surface area contributed by atoms with Crippen molar-refractivity contribution in [1.82, 2.24) is 10.3 Å². The number of amides is 1. The molecule has 1 heterocycles. The average Bonchev–Trinajstić information content (AvgIpc) is 3.00. The summed E-state index contributed by atoms with van der Waals surface area (Å²) in [6.07, 6.45) is 6.82. The second kappa shape index (κ2) is 5.55. The van der Waals surface area contributed by atoms with Crippen LogP contribution < -0.4 is 5.32 Å². The highest BCUT2D eigenvalue weighted by Gasteiger charge is 2.31. The Morgan fingerprint density at radius 2 is 2.19 bits per heavy atom. The van der Waals surface area contributed by atoms with Crippen molar-refractivity contribution >= 4 is 16.8 Å². The van der Waals surface area contributed by atoms with Gasteiger partial charge in [0.15, 0.2) is 0 Å². The number of aromatic nitrogens is 1. The van der Waals surface area contributed by atoms with Crippen LogP contribution in [0.3, 0.4) is 0 Å². The van der Waals surface area contributed by atoms with Crippen LogP contribution in [0, 0.1) is 5.41 Å². The molecule has 21 heavy (non-hydrogen) atoms. The molecule has 1 atom stereocenters. The molecule has 3 nitrogen and oxygen atoms in total. The van der Waals surface area contributed by atoms with Gasteiger partial charge in [-0.05, 0) is 42.7 Å². The summed E-state index contributed by atoms with van der Waals surface area (Å²) in [7, 11) is 0. The van der Waals surface area contributed by atoms with Crippen molar-refractivity contribution in [3.63, 3.8) is 0 Å². The van der Waals surface area contributed by atoms with Crippen molar-refractivity contribution in [1.29, 1.82) is 0 Å². The van der Waals surface area contributed by atoms with E-state index in [2.05, 4.69) is 36.3 Å². The summed E-state index contributed by atoms with van der Waals surface area (Å²) in [4.78, 5) is 15.4. The summed E-state index contributed by atoms with van der Waals surface area (Å²) in [5.74, 6) is 0.183. The molecule has 3 heteroatoms. The SMILES string of the molecule is CC1(C)CCC(NC(=O)CCc2c[nH]c3ccccc23)C1. The molecule has 2 N–H and O–H groups in total. The molecular formula is C18H24N2O. The Hall–Kier alpha value is -1.77. The Morgan fingerprint density at radius 1 is 1.38 bits per heavy atom. The van der Waals surface area contributed by atoms with Crippen LogP contribution in [-0.4, -0.2) is 16.9 Å². The van der Waals surface area contributed by atoms with Gasteiger partial charge in [-0.3, -0.25) is 4.79 Å². The van der Waals surface area contributed by atoms with E-state index in [4.69, 9.17) is 0 Å². The van der Waals surface area contributed by atoms with Crippen LogP contribution in [0.15, 0.2) is 30.5 Å². The molecule has 0 spiro atoms. The lowest BCUT2D eigenvalue weighted by Crippen LogP contribution is -2.33. The molecule has 1 aromatic carbocycles. The maximum absolute atomic E-state index is 12.1. The number of aromatic amines is 1. The molecule has 1 aliphatic carbocycles. The molecule has 112 valence electrons. The largest absolute Gasteiger partial charge is 0.361 e. The average molecular weight is 284 g/mol. The van der Waals surface area contributed by atoms with Gasteiger partial charge >= 0.3 is 0 Å². The second-order valence-corrected chi connectivity index (χ2v) is 7.03. The van der Waals surface area contributed by atoms with Gasteiger partial charge in [-0.1, -0.05) is 32.0 Å². The minimum atomic E-state index is 0.183. The number of carbonyl (C=O) groups excluding carboxylic acids is 1. The van der Waals surface area contributed by atoms with Gasteiger partial charge in [-0.25, -0.2) is 0 Å². The molecule has 1 unspecified atom stereocenters. The zero-order valence-electron chi connectivity index (χ0n) is 12.9. The van der Waals surface area contributed by atoms with Gasteiger partial charge in [-0.15, -0.1) is 0 Å². The molecule has 1 fully saturated rings. The van der Waals surface area contributed by atoms with E-state index in [1.165, 1.54) is 17.4 Å². The molecule has 0 radical (unpaired) electrons. The summed E-state index contributed by atoms with van der Waals surface area (Å²) >= 11 is 0. The lowest BCUT2D eigenvalue weighted by molar-refractivity contribution is -0.121. The molecule has 0 bridgehead atoms. The number of fused-ring (bicyclic) bond motifs is 1. The molecule has 0 aliphatic heterocycles. The number of rotatable bonds is 4. The number of nitrogens with one attached hydrogen (secondary N) is 2. The Kier molecular flexibility index (Phi) is 3.75. The van der Waals surface area contributed by atoms with Crippen molar-refractivity contribution in [3.05, 3.63) is 36.0 Å². The Labute approximate surface area is 126 Å². The summed E-state index contributed by atoms with van der Waals surface area (Å²) in [6, 6.07) is 8.62. The topological polar surface area (TPSA) is 44.9 Å². The third-order valence-electron chi connectivity index (χ3n) is 4.63. The number of aryl methyl sites for hydroxylation is 1. The highest BCUT2D eigenvalue weighted by atomic mass is 16.1. The monoisotopic (exact) mass is 284 g/mol. The molecular weight excluding hydrogens is 260 g/mol. The standard InChI is InChI=1S/C18H24N2O/c1-18(2)10-9-14(11-18)20-17(21)8-7-13-12-19-16-6-4-3-5-15(13)16/h3-6,12,14,19H,7-11H2,1-2H3,(H,20,21). The maximum atomic E-state index is 12.1. The van der Waals surface area contributed by atoms with E-state index in [1.807, 2.05) is 18.3 Å². The normalized spacial score (nSPS) is 20.8. The quantitative estimate of drug-likeness (QED) is 0.881. The third-order valence-corrected chi connectivity index (χ3v) is 4.63. The fourth-order valence-electron chi connectivity index (χ4n) is 3.45. The summed E-state index contributed by atoms with van der Waals surface area (Å²) in [6.45, 7) is 4.57. The van der Waals surface area contributed by atoms with E-state index in [-0.39, 0.29) is 5.91 Å². The van der Waals surface area contributed by atoms with Crippen molar-refractivity contribution in [2.24, 2.45) is 5.41 Å². The minimum Gasteiger partial charge on any atom is -0.361 e. The molecule has 3 rings (SSSR count). The molecule has 1 aromatic heterocycles. The van der Waals surface area contributed by atoms with Gasteiger partial charge in [0, 0.05) is 29.6 Å². The van der Waals surface area contributed by atoms with Gasteiger partial charge < -0.3 is 10.3 Å². The van der Waals surface area contributed by atoms with Crippen molar-refractivity contribution in [2.75, 3.05) is 0 Å². The van der Waals surface area contributed by atoms with E-state index in [1.54, 1.807) is 0 Å². The number of H-pyrrole nitrogens is 1. The minimum absolute atomic E-state index is 0.183. The zero-order chi connectivity index (χ0) is 14.9. The van der Waals surface area contributed by atoms with Crippen LogP contribution in [0.5, 0.6) is 0 Å². The molecule has 1 aliphatic rings. The first kappa shape index (κ1) is 14.2. The summed E-state index contributed by atoms with van der Waals surface area (Å²) < 4.78 is 0. The summed E-state index contributed by atoms with van der Waals surface area (Å²) in [5.41, 5.74) is 2.76. The molecule has 2 aromatic rings. The Morgan fingerprint density at radius 3 is 2.95 bits per heavy atom. The van der Waals surface area contributed by atoms with Gasteiger partial charge in [0.05, 0.1) is 0 Å². The second-order valence-electron chi connectivity index (χ2n) is 7.03. The van der Waals surface area contributed by atoms with Crippen LogP contribution in [-0.2, 0) is 11.2 Å². The van der Waals surface area contributed by atoms with Gasteiger partial charge in [0.25, 0.3) is 0 Å². The molecule has 1 saturated carbocycles.